The average Bonchev–Trinajstić information content (AvgIpc) is 3.28. The second-order valence-electron chi connectivity index (χ2n) is 19.2. The maximum Gasteiger partial charge on any atom is 0.472 e. The molecule has 0 saturated heterocycles. The van der Waals surface area contributed by atoms with Crippen LogP contribution in [0.5, 0.6) is 0 Å². The van der Waals surface area contributed by atoms with E-state index >= 15 is 0 Å². The molecule has 0 bridgehead atoms. The molecule has 382 valence electrons. The first kappa shape index (κ1) is 63.0. The zero-order valence-electron chi connectivity index (χ0n) is 42.6. The molecule has 0 spiro atoms. The first-order valence-corrected chi connectivity index (χ1v) is 29.5. The summed E-state index contributed by atoms with van der Waals surface area (Å²) < 4.78 is 33.0. The van der Waals surface area contributed by atoms with E-state index in [1.807, 2.05) is 0 Å². The summed E-state index contributed by atoms with van der Waals surface area (Å²) in [6.07, 6.45) is 55.8. The molecule has 2 atom stereocenters. The van der Waals surface area contributed by atoms with Crippen LogP contribution in [-0.2, 0) is 32.7 Å². The Balaban J connectivity index is 3.93. The van der Waals surface area contributed by atoms with Crippen LogP contribution in [0.2, 0.25) is 0 Å². The zero-order valence-corrected chi connectivity index (χ0v) is 43.4. The molecule has 0 saturated carbocycles. The summed E-state index contributed by atoms with van der Waals surface area (Å²) in [7, 11) is -4.38. The monoisotopic (exact) mass is 930 g/mol. The molecule has 0 radical (unpaired) electrons. The van der Waals surface area contributed by atoms with Crippen molar-refractivity contribution in [3.05, 3.63) is 0 Å². The second kappa shape index (κ2) is 51.4. The number of ether oxygens (including phenoxy) is 2. The third-order valence-electron chi connectivity index (χ3n) is 12.7. The molecule has 0 rings (SSSR count). The van der Waals surface area contributed by atoms with E-state index in [-0.39, 0.29) is 38.6 Å². The van der Waals surface area contributed by atoms with Crippen LogP contribution < -0.4 is 5.73 Å². The molecule has 0 aliphatic carbocycles. The van der Waals surface area contributed by atoms with Crippen LogP contribution in [0.1, 0.15) is 303 Å². The van der Waals surface area contributed by atoms with Gasteiger partial charge in [0.1, 0.15) is 6.61 Å². The minimum Gasteiger partial charge on any atom is -0.462 e. The molecule has 0 heterocycles. The molecule has 0 aromatic heterocycles. The van der Waals surface area contributed by atoms with Crippen LogP contribution in [0.4, 0.5) is 0 Å². The molecule has 64 heavy (non-hydrogen) atoms. The molecule has 9 nitrogen and oxygen atoms in total. The van der Waals surface area contributed by atoms with Gasteiger partial charge in [-0.15, -0.1) is 0 Å². The number of nitrogens with two attached hydrogens (primary N) is 1. The van der Waals surface area contributed by atoms with Gasteiger partial charge in [0.25, 0.3) is 0 Å². The number of phosphoric ester groups is 1. The number of carbonyl (C=O) groups is 2. The number of hydrogen-bond donors (Lipinski definition) is 2. The van der Waals surface area contributed by atoms with Gasteiger partial charge in [-0.25, -0.2) is 4.57 Å². The SMILES string of the molecule is CCCCCCCCCCCCCCCCCCCCCCCCCC(=O)OCC(COP(=O)(O)OCCN)OC(=O)CCCCCCCCCCCCCCCCCCCCCC. The molecular formula is C54H108NO8P. The molecular weight excluding hydrogens is 822 g/mol. The summed E-state index contributed by atoms with van der Waals surface area (Å²) in [6.45, 7) is 3.82. The smallest absolute Gasteiger partial charge is 0.462 e. The second-order valence-corrected chi connectivity index (χ2v) is 20.6. The van der Waals surface area contributed by atoms with Gasteiger partial charge in [0.05, 0.1) is 13.2 Å². The fourth-order valence-corrected chi connectivity index (χ4v) is 9.35. The van der Waals surface area contributed by atoms with E-state index in [1.54, 1.807) is 0 Å². The Hall–Kier alpha value is -0.990. The summed E-state index contributed by atoms with van der Waals surface area (Å²) in [5.41, 5.74) is 5.38. The lowest BCUT2D eigenvalue weighted by molar-refractivity contribution is -0.161. The Kier molecular flexibility index (Phi) is 50.6. The van der Waals surface area contributed by atoms with E-state index in [4.69, 9.17) is 24.3 Å². The first-order valence-electron chi connectivity index (χ1n) is 28.0. The largest absolute Gasteiger partial charge is 0.472 e. The van der Waals surface area contributed by atoms with Crippen LogP contribution in [0.15, 0.2) is 0 Å². The predicted octanol–water partition coefficient (Wildman–Crippen LogP) is 17.1. The summed E-state index contributed by atoms with van der Waals surface area (Å²) >= 11 is 0. The van der Waals surface area contributed by atoms with Crippen molar-refractivity contribution in [2.75, 3.05) is 26.4 Å². The topological polar surface area (TPSA) is 134 Å². The summed E-state index contributed by atoms with van der Waals surface area (Å²) in [5.74, 6) is -0.803. The van der Waals surface area contributed by atoms with E-state index in [0.717, 1.165) is 32.1 Å². The Morgan fingerprint density at radius 2 is 0.672 bits per heavy atom. The van der Waals surface area contributed by atoms with Crippen molar-refractivity contribution in [1.29, 1.82) is 0 Å². The highest BCUT2D eigenvalue weighted by Crippen LogP contribution is 2.43. The molecule has 0 fully saturated rings. The average molecular weight is 930 g/mol. The minimum absolute atomic E-state index is 0.0585. The van der Waals surface area contributed by atoms with Crippen LogP contribution in [0.3, 0.4) is 0 Å². The number of unbranched alkanes of at least 4 members (excludes halogenated alkanes) is 41. The third kappa shape index (κ3) is 50.4. The van der Waals surface area contributed by atoms with Crippen molar-refractivity contribution in [2.45, 2.75) is 309 Å². The first-order chi connectivity index (χ1) is 31.3. The minimum atomic E-state index is -4.38. The van der Waals surface area contributed by atoms with Gasteiger partial charge in [0.2, 0.25) is 0 Å². The van der Waals surface area contributed by atoms with Crippen molar-refractivity contribution < 1.29 is 37.6 Å². The number of esters is 2. The van der Waals surface area contributed by atoms with Gasteiger partial charge in [0.15, 0.2) is 6.10 Å². The molecule has 0 amide bonds. The van der Waals surface area contributed by atoms with Crippen LogP contribution in [0.25, 0.3) is 0 Å². The van der Waals surface area contributed by atoms with Crippen molar-refractivity contribution in [1.82, 2.24) is 0 Å². The van der Waals surface area contributed by atoms with Crippen molar-refractivity contribution in [3.63, 3.8) is 0 Å². The number of hydrogen-bond acceptors (Lipinski definition) is 8. The molecule has 3 N–H and O–H groups in total. The zero-order chi connectivity index (χ0) is 46.7. The maximum absolute atomic E-state index is 12.7. The lowest BCUT2D eigenvalue weighted by Crippen LogP contribution is -2.29. The highest BCUT2D eigenvalue weighted by atomic mass is 31.2. The van der Waals surface area contributed by atoms with Crippen LogP contribution in [0, 0.1) is 0 Å². The molecule has 0 aromatic rings. The Morgan fingerprint density at radius 3 is 0.953 bits per heavy atom. The van der Waals surface area contributed by atoms with E-state index in [9.17, 15) is 19.0 Å². The molecule has 10 heteroatoms. The van der Waals surface area contributed by atoms with E-state index < -0.39 is 26.5 Å². The van der Waals surface area contributed by atoms with Crippen molar-refractivity contribution >= 4 is 19.8 Å². The van der Waals surface area contributed by atoms with Crippen molar-refractivity contribution in [2.24, 2.45) is 5.73 Å². The quantitative estimate of drug-likeness (QED) is 0.0347. The fraction of sp³-hybridized carbons (Fsp3) is 0.963. The highest BCUT2D eigenvalue weighted by Gasteiger charge is 2.26. The number of carbonyl (C=O) groups excluding carboxylic acids is 2. The van der Waals surface area contributed by atoms with Gasteiger partial charge in [-0.05, 0) is 12.8 Å². The fourth-order valence-electron chi connectivity index (χ4n) is 8.58. The van der Waals surface area contributed by atoms with E-state index in [0.29, 0.717) is 6.42 Å². The highest BCUT2D eigenvalue weighted by molar-refractivity contribution is 7.47. The molecule has 0 aliphatic rings. The van der Waals surface area contributed by atoms with Gasteiger partial charge in [-0.2, -0.15) is 0 Å². The summed E-state index contributed by atoms with van der Waals surface area (Å²) in [5, 5.41) is 0. The third-order valence-corrected chi connectivity index (χ3v) is 13.7. The lowest BCUT2D eigenvalue weighted by Gasteiger charge is -2.19. The number of phosphoric acid groups is 1. The standard InChI is InChI=1S/C54H108NO8P/c1-3-5-7-9-11-13-15-17-19-21-23-25-26-27-29-30-32-34-36-38-40-42-44-46-53(56)60-50-52(51-62-64(58,59)61-49-48-55)63-54(57)47-45-43-41-39-37-35-33-31-28-24-22-20-18-16-14-12-10-8-6-4-2/h52H,3-51,55H2,1-2H3,(H,58,59). The number of rotatable bonds is 54. The predicted molar refractivity (Wildman–Crippen MR) is 271 cm³/mol. The Bertz CT molecular complexity index is 1020. The summed E-state index contributed by atoms with van der Waals surface area (Å²) in [6, 6.07) is 0. The van der Waals surface area contributed by atoms with E-state index in [2.05, 4.69) is 13.8 Å². The molecule has 0 aliphatic heterocycles. The van der Waals surface area contributed by atoms with Gasteiger partial charge in [0, 0.05) is 19.4 Å². The van der Waals surface area contributed by atoms with Gasteiger partial charge in [-0.1, -0.05) is 277 Å². The lowest BCUT2D eigenvalue weighted by atomic mass is 10.0. The van der Waals surface area contributed by atoms with Gasteiger partial charge in [-0.3, -0.25) is 18.6 Å². The molecule has 2 unspecified atom stereocenters. The normalized spacial score (nSPS) is 13.0. The van der Waals surface area contributed by atoms with Gasteiger partial charge >= 0.3 is 19.8 Å². The van der Waals surface area contributed by atoms with Crippen molar-refractivity contribution in [3.8, 4) is 0 Å². The summed E-state index contributed by atoms with van der Waals surface area (Å²) in [4.78, 5) is 35.1. The Labute approximate surface area is 397 Å². The Morgan fingerprint density at radius 1 is 0.406 bits per heavy atom. The maximum atomic E-state index is 12.7. The van der Waals surface area contributed by atoms with Gasteiger partial charge < -0.3 is 20.1 Å². The molecule has 0 aromatic carbocycles. The van der Waals surface area contributed by atoms with Crippen LogP contribution >= 0.6 is 7.82 Å². The van der Waals surface area contributed by atoms with Crippen LogP contribution in [-0.4, -0.2) is 49.3 Å². The van der Waals surface area contributed by atoms with E-state index in [1.165, 1.54) is 238 Å².